The standard InChI is InChI=1S/C13H17ClN2OS/c1-9-7-10(14)4-5-12(9)16-13(18)15-8-11-3-2-6-17-11/h4-5,7,11H,2-3,6,8H2,1H3,(H2,15,16,18). The Morgan fingerprint density at radius 3 is 3.06 bits per heavy atom. The fraction of sp³-hybridized carbons (Fsp3) is 0.462. The Labute approximate surface area is 118 Å². The lowest BCUT2D eigenvalue weighted by Gasteiger charge is -2.15. The molecule has 1 unspecified atom stereocenters. The molecule has 0 saturated carbocycles. The smallest absolute Gasteiger partial charge is 0.170 e. The summed E-state index contributed by atoms with van der Waals surface area (Å²) in [5.41, 5.74) is 2.05. The van der Waals surface area contributed by atoms with Crippen LogP contribution in [0, 0.1) is 6.92 Å². The van der Waals surface area contributed by atoms with Crippen molar-refractivity contribution in [2.45, 2.75) is 25.9 Å². The summed E-state index contributed by atoms with van der Waals surface area (Å²) in [5, 5.41) is 7.70. The van der Waals surface area contributed by atoms with E-state index >= 15 is 0 Å². The van der Waals surface area contributed by atoms with Crippen LogP contribution in [0.15, 0.2) is 18.2 Å². The molecule has 0 aromatic heterocycles. The van der Waals surface area contributed by atoms with Gasteiger partial charge in [-0.2, -0.15) is 0 Å². The van der Waals surface area contributed by atoms with Crippen molar-refractivity contribution in [2.75, 3.05) is 18.5 Å². The molecular weight excluding hydrogens is 268 g/mol. The number of anilines is 1. The SMILES string of the molecule is Cc1cc(Cl)ccc1NC(=S)NCC1CCCO1. The Kier molecular flexibility index (Phi) is 4.80. The van der Waals surface area contributed by atoms with Gasteiger partial charge in [-0.05, 0) is 55.7 Å². The van der Waals surface area contributed by atoms with E-state index in [1.54, 1.807) is 0 Å². The molecule has 1 atom stereocenters. The summed E-state index contributed by atoms with van der Waals surface area (Å²) in [6.07, 6.45) is 2.54. The van der Waals surface area contributed by atoms with Gasteiger partial charge in [0.25, 0.3) is 0 Å². The van der Waals surface area contributed by atoms with Gasteiger partial charge in [0.2, 0.25) is 0 Å². The van der Waals surface area contributed by atoms with Crippen LogP contribution in [0.1, 0.15) is 18.4 Å². The number of rotatable bonds is 3. The molecule has 1 aromatic rings. The largest absolute Gasteiger partial charge is 0.376 e. The van der Waals surface area contributed by atoms with Crippen LogP contribution >= 0.6 is 23.8 Å². The summed E-state index contributed by atoms with van der Waals surface area (Å²) in [6, 6.07) is 5.68. The Hall–Kier alpha value is -0.840. The maximum Gasteiger partial charge on any atom is 0.170 e. The zero-order chi connectivity index (χ0) is 13.0. The van der Waals surface area contributed by atoms with E-state index in [1.807, 2.05) is 25.1 Å². The normalized spacial score (nSPS) is 18.7. The van der Waals surface area contributed by atoms with Crippen molar-refractivity contribution >= 4 is 34.6 Å². The third-order valence-corrected chi connectivity index (χ3v) is 3.43. The van der Waals surface area contributed by atoms with Crippen molar-refractivity contribution in [3.05, 3.63) is 28.8 Å². The molecule has 1 aliphatic heterocycles. The van der Waals surface area contributed by atoms with E-state index in [0.717, 1.165) is 42.3 Å². The minimum absolute atomic E-state index is 0.288. The maximum atomic E-state index is 5.91. The van der Waals surface area contributed by atoms with Crippen LogP contribution in [-0.4, -0.2) is 24.4 Å². The fourth-order valence-electron chi connectivity index (χ4n) is 1.95. The Bertz CT molecular complexity index is 433. The zero-order valence-electron chi connectivity index (χ0n) is 10.3. The number of nitrogens with one attached hydrogen (secondary N) is 2. The van der Waals surface area contributed by atoms with Gasteiger partial charge in [0.1, 0.15) is 0 Å². The Morgan fingerprint density at radius 1 is 1.56 bits per heavy atom. The van der Waals surface area contributed by atoms with E-state index in [2.05, 4.69) is 10.6 Å². The minimum Gasteiger partial charge on any atom is -0.376 e. The average molecular weight is 285 g/mol. The molecular formula is C13H17ClN2OS. The van der Waals surface area contributed by atoms with Crippen LogP contribution in [0.25, 0.3) is 0 Å². The monoisotopic (exact) mass is 284 g/mol. The molecule has 1 aromatic carbocycles. The maximum absolute atomic E-state index is 5.91. The first-order valence-electron chi connectivity index (χ1n) is 6.08. The number of halogens is 1. The minimum atomic E-state index is 0.288. The van der Waals surface area contributed by atoms with Gasteiger partial charge in [-0.1, -0.05) is 11.6 Å². The third kappa shape index (κ3) is 3.83. The number of aryl methyl sites for hydroxylation is 1. The van der Waals surface area contributed by atoms with E-state index in [9.17, 15) is 0 Å². The van der Waals surface area contributed by atoms with Crippen LogP contribution in [0.4, 0.5) is 5.69 Å². The van der Waals surface area contributed by atoms with Gasteiger partial charge in [-0.3, -0.25) is 0 Å². The van der Waals surface area contributed by atoms with Crippen LogP contribution in [0.3, 0.4) is 0 Å². The number of benzene rings is 1. The van der Waals surface area contributed by atoms with Crippen molar-refractivity contribution < 1.29 is 4.74 Å². The summed E-state index contributed by atoms with van der Waals surface area (Å²) in [7, 11) is 0. The van der Waals surface area contributed by atoms with Crippen LogP contribution in [0.5, 0.6) is 0 Å². The molecule has 1 saturated heterocycles. The van der Waals surface area contributed by atoms with Gasteiger partial charge in [-0.25, -0.2) is 0 Å². The average Bonchev–Trinajstić information content (AvgIpc) is 2.83. The Balaban J connectivity index is 1.82. The molecule has 0 radical (unpaired) electrons. The lowest BCUT2D eigenvalue weighted by molar-refractivity contribution is 0.114. The highest BCUT2D eigenvalue weighted by Crippen LogP contribution is 2.19. The summed E-state index contributed by atoms with van der Waals surface area (Å²) in [4.78, 5) is 0. The molecule has 1 aliphatic rings. The summed E-state index contributed by atoms with van der Waals surface area (Å²) >= 11 is 11.2. The molecule has 1 fully saturated rings. The number of thiocarbonyl (C=S) groups is 1. The van der Waals surface area contributed by atoms with Crippen molar-refractivity contribution in [3.8, 4) is 0 Å². The molecule has 5 heteroatoms. The van der Waals surface area contributed by atoms with Crippen molar-refractivity contribution in [1.82, 2.24) is 5.32 Å². The van der Waals surface area contributed by atoms with E-state index in [1.165, 1.54) is 0 Å². The van der Waals surface area contributed by atoms with Crippen molar-refractivity contribution in [2.24, 2.45) is 0 Å². The molecule has 98 valence electrons. The van der Waals surface area contributed by atoms with E-state index in [-0.39, 0.29) is 6.10 Å². The quantitative estimate of drug-likeness (QED) is 0.836. The van der Waals surface area contributed by atoms with Crippen LogP contribution < -0.4 is 10.6 Å². The Morgan fingerprint density at radius 2 is 2.39 bits per heavy atom. The lowest BCUT2D eigenvalue weighted by Crippen LogP contribution is -2.34. The molecule has 3 nitrogen and oxygen atoms in total. The number of hydrogen-bond acceptors (Lipinski definition) is 2. The highest BCUT2D eigenvalue weighted by Gasteiger charge is 2.15. The molecule has 18 heavy (non-hydrogen) atoms. The first kappa shape index (κ1) is 13.6. The lowest BCUT2D eigenvalue weighted by atomic mass is 10.2. The predicted octanol–water partition coefficient (Wildman–Crippen LogP) is 3.11. The number of hydrogen-bond donors (Lipinski definition) is 2. The van der Waals surface area contributed by atoms with Gasteiger partial charge in [-0.15, -0.1) is 0 Å². The van der Waals surface area contributed by atoms with E-state index < -0.39 is 0 Å². The summed E-state index contributed by atoms with van der Waals surface area (Å²) < 4.78 is 5.53. The van der Waals surface area contributed by atoms with Gasteiger partial charge in [0.05, 0.1) is 6.10 Å². The predicted molar refractivity (Wildman–Crippen MR) is 79.4 cm³/mol. The van der Waals surface area contributed by atoms with Gasteiger partial charge < -0.3 is 15.4 Å². The van der Waals surface area contributed by atoms with E-state index in [0.29, 0.717) is 5.11 Å². The highest BCUT2D eigenvalue weighted by molar-refractivity contribution is 7.80. The second kappa shape index (κ2) is 6.36. The molecule has 2 rings (SSSR count). The summed E-state index contributed by atoms with van der Waals surface area (Å²) in [6.45, 7) is 3.62. The van der Waals surface area contributed by atoms with Crippen LogP contribution in [0.2, 0.25) is 5.02 Å². The molecule has 0 bridgehead atoms. The molecule has 2 N–H and O–H groups in total. The summed E-state index contributed by atoms with van der Waals surface area (Å²) in [5.74, 6) is 0. The van der Waals surface area contributed by atoms with Gasteiger partial charge >= 0.3 is 0 Å². The first-order valence-corrected chi connectivity index (χ1v) is 6.86. The molecule has 0 spiro atoms. The topological polar surface area (TPSA) is 33.3 Å². The molecule has 0 aliphatic carbocycles. The fourth-order valence-corrected chi connectivity index (χ4v) is 2.37. The number of ether oxygens (including phenoxy) is 1. The first-order chi connectivity index (χ1) is 8.65. The van der Waals surface area contributed by atoms with Gasteiger partial charge in [0, 0.05) is 23.9 Å². The zero-order valence-corrected chi connectivity index (χ0v) is 11.9. The van der Waals surface area contributed by atoms with Crippen molar-refractivity contribution in [3.63, 3.8) is 0 Å². The van der Waals surface area contributed by atoms with Gasteiger partial charge in [0.15, 0.2) is 5.11 Å². The molecule has 1 heterocycles. The second-order valence-corrected chi connectivity index (χ2v) is 5.27. The highest BCUT2D eigenvalue weighted by atomic mass is 35.5. The van der Waals surface area contributed by atoms with E-state index in [4.69, 9.17) is 28.6 Å². The molecule has 0 amide bonds. The second-order valence-electron chi connectivity index (χ2n) is 4.43. The van der Waals surface area contributed by atoms with Crippen LogP contribution in [-0.2, 0) is 4.74 Å². The van der Waals surface area contributed by atoms with Crippen molar-refractivity contribution in [1.29, 1.82) is 0 Å². The third-order valence-electron chi connectivity index (χ3n) is 2.95.